The van der Waals surface area contributed by atoms with Crippen molar-refractivity contribution in [3.8, 4) is 0 Å². The van der Waals surface area contributed by atoms with Gasteiger partial charge in [0.1, 0.15) is 0 Å². The molecule has 3 N–H and O–H groups in total. The Bertz CT molecular complexity index is 655. The Kier molecular flexibility index (Phi) is 5.81. The number of aromatic nitrogens is 2. The SMILES string of the molecule is CC(O)CNC(=O)c1nc(CC(=O)NCc2ccccc2)no1. The monoisotopic (exact) mass is 318 g/mol. The molecule has 0 aliphatic rings. The Morgan fingerprint density at radius 3 is 2.70 bits per heavy atom. The molecule has 1 atom stereocenters. The van der Waals surface area contributed by atoms with Crippen LogP contribution in [0.15, 0.2) is 34.9 Å². The number of hydrogen-bond acceptors (Lipinski definition) is 6. The summed E-state index contributed by atoms with van der Waals surface area (Å²) in [5.74, 6) is -0.978. The lowest BCUT2D eigenvalue weighted by molar-refractivity contribution is -0.120. The third kappa shape index (κ3) is 5.51. The largest absolute Gasteiger partial charge is 0.392 e. The van der Waals surface area contributed by atoms with Crippen molar-refractivity contribution < 1.29 is 19.2 Å². The van der Waals surface area contributed by atoms with E-state index in [0.717, 1.165) is 5.56 Å². The molecule has 0 bridgehead atoms. The van der Waals surface area contributed by atoms with E-state index in [0.29, 0.717) is 6.54 Å². The lowest BCUT2D eigenvalue weighted by Gasteiger charge is -2.03. The molecule has 0 aliphatic heterocycles. The predicted molar refractivity (Wildman–Crippen MR) is 80.3 cm³/mol. The van der Waals surface area contributed by atoms with Gasteiger partial charge in [0.05, 0.1) is 12.5 Å². The van der Waals surface area contributed by atoms with E-state index in [2.05, 4.69) is 20.8 Å². The van der Waals surface area contributed by atoms with Gasteiger partial charge in [-0.2, -0.15) is 4.98 Å². The van der Waals surface area contributed by atoms with Crippen molar-refractivity contribution >= 4 is 11.8 Å². The second kappa shape index (κ2) is 8.04. The molecule has 122 valence electrons. The summed E-state index contributed by atoms with van der Waals surface area (Å²) >= 11 is 0. The number of aliphatic hydroxyl groups excluding tert-OH is 1. The molecule has 2 aromatic rings. The van der Waals surface area contributed by atoms with Gasteiger partial charge in [-0.1, -0.05) is 35.5 Å². The maximum atomic E-state index is 11.8. The number of benzene rings is 1. The predicted octanol–water partition coefficient (Wildman–Crippen LogP) is 0.0391. The molecule has 8 nitrogen and oxygen atoms in total. The molecule has 0 fully saturated rings. The van der Waals surface area contributed by atoms with Crippen LogP contribution in [0.4, 0.5) is 0 Å². The number of nitrogens with zero attached hydrogens (tertiary/aromatic N) is 2. The van der Waals surface area contributed by atoms with Gasteiger partial charge in [-0.25, -0.2) is 0 Å². The van der Waals surface area contributed by atoms with Crippen LogP contribution in [0, 0.1) is 0 Å². The molecule has 8 heteroatoms. The van der Waals surface area contributed by atoms with E-state index in [-0.39, 0.29) is 30.6 Å². The van der Waals surface area contributed by atoms with E-state index in [1.54, 1.807) is 0 Å². The van der Waals surface area contributed by atoms with Crippen LogP contribution < -0.4 is 10.6 Å². The van der Waals surface area contributed by atoms with Crippen molar-refractivity contribution in [3.05, 3.63) is 47.6 Å². The summed E-state index contributed by atoms with van der Waals surface area (Å²) in [7, 11) is 0. The maximum absolute atomic E-state index is 11.8. The fourth-order valence-electron chi connectivity index (χ4n) is 1.74. The average molecular weight is 318 g/mol. The molecular weight excluding hydrogens is 300 g/mol. The summed E-state index contributed by atoms with van der Waals surface area (Å²) in [5.41, 5.74) is 0.979. The molecule has 0 saturated heterocycles. The molecule has 23 heavy (non-hydrogen) atoms. The first kappa shape index (κ1) is 16.6. The van der Waals surface area contributed by atoms with Crippen LogP contribution in [-0.4, -0.2) is 39.7 Å². The van der Waals surface area contributed by atoms with Gasteiger partial charge in [0.15, 0.2) is 5.82 Å². The Hall–Kier alpha value is -2.74. The minimum absolute atomic E-state index is 0.0775. The summed E-state index contributed by atoms with van der Waals surface area (Å²) in [6, 6.07) is 9.48. The third-order valence-electron chi connectivity index (χ3n) is 2.87. The summed E-state index contributed by atoms with van der Waals surface area (Å²) < 4.78 is 4.79. The van der Waals surface area contributed by atoms with Crippen molar-refractivity contribution in [2.24, 2.45) is 0 Å². The lowest BCUT2D eigenvalue weighted by atomic mass is 10.2. The van der Waals surface area contributed by atoms with Crippen LogP contribution in [0.25, 0.3) is 0 Å². The number of rotatable bonds is 7. The quantitative estimate of drug-likeness (QED) is 0.663. The minimum Gasteiger partial charge on any atom is -0.392 e. The summed E-state index contributed by atoms with van der Waals surface area (Å²) in [5, 5.41) is 17.8. The highest BCUT2D eigenvalue weighted by Crippen LogP contribution is 2.00. The second-order valence-electron chi connectivity index (χ2n) is 5.01. The molecule has 1 aromatic carbocycles. The summed E-state index contributed by atoms with van der Waals surface area (Å²) in [4.78, 5) is 27.3. The average Bonchev–Trinajstić information content (AvgIpc) is 3.00. The van der Waals surface area contributed by atoms with Gasteiger partial charge in [0, 0.05) is 13.1 Å². The zero-order valence-corrected chi connectivity index (χ0v) is 12.7. The standard InChI is InChI=1S/C15H18N4O4/c1-10(20)8-17-14(22)15-18-12(19-23-15)7-13(21)16-9-11-5-3-2-4-6-11/h2-6,10,20H,7-9H2,1H3,(H,16,21)(H,17,22). The first-order valence-electron chi connectivity index (χ1n) is 7.14. The Morgan fingerprint density at radius 1 is 1.26 bits per heavy atom. The van der Waals surface area contributed by atoms with E-state index < -0.39 is 12.0 Å². The smallest absolute Gasteiger partial charge is 0.315 e. The van der Waals surface area contributed by atoms with Crippen LogP contribution in [0.1, 0.15) is 29.0 Å². The van der Waals surface area contributed by atoms with Crippen LogP contribution in [0.3, 0.4) is 0 Å². The van der Waals surface area contributed by atoms with Gasteiger partial charge in [-0.3, -0.25) is 9.59 Å². The molecule has 1 aromatic heterocycles. The van der Waals surface area contributed by atoms with Gasteiger partial charge in [-0.05, 0) is 12.5 Å². The number of nitrogens with one attached hydrogen (secondary N) is 2. The van der Waals surface area contributed by atoms with Gasteiger partial charge in [-0.15, -0.1) is 0 Å². The highest BCUT2D eigenvalue weighted by Gasteiger charge is 2.17. The Labute approximate surface area is 132 Å². The van der Waals surface area contributed by atoms with Crippen LogP contribution >= 0.6 is 0 Å². The first-order valence-corrected chi connectivity index (χ1v) is 7.14. The molecule has 2 rings (SSSR count). The Balaban J connectivity index is 1.81. The van der Waals surface area contributed by atoms with E-state index in [1.807, 2.05) is 30.3 Å². The summed E-state index contributed by atoms with van der Waals surface area (Å²) in [6.07, 6.45) is -0.759. The van der Waals surface area contributed by atoms with Gasteiger partial charge >= 0.3 is 11.8 Å². The van der Waals surface area contributed by atoms with E-state index >= 15 is 0 Å². The number of carbonyl (C=O) groups excluding carboxylic acids is 2. The molecule has 0 aliphatic carbocycles. The molecule has 0 saturated carbocycles. The van der Waals surface area contributed by atoms with Gasteiger partial charge in [0.2, 0.25) is 5.91 Å². The van der Waals surface area contributed by atoms with E-state index in [9.17, 15) is 9.59 Å². The van der Waals surface area contributed by atoms with Gasteiger partial charge in [0.25, 0.3) is 0 Å². The molecular formula is C15H18N4O4. The zero-order chi connectivity index (χ0) is 16.7. The van der Waals surface area contributed by atoms with Crippen LogP contribution in [-0.2, 0) is 17.8 Å². The molecule has 0 radical (unpaired) electrons. The van der Waals surface area contributed by atoms with Crippen molar-refractivity contribution in [3.63, 3.8) is 0 Å². The minimum atomic E-state index is -0.676. The molecule has 1 unspecified atom stereocenters. The number of hydrogen-bond donors (Lipinski definition) is 3. The third-order valence-corrected chi connectivity index (χ3v) is 2.87. The fourth-order valence-corrected chi connectivity index (χ4v) is 1.74. The molecule has 0 spiro atoms. The molecule has 2 amide bonds. The Morgan fingerprint density at radius 2 is 2.00 bits per heavy atom. The van der Waals surface area contributed by atoms with Crippen molar-refractivity contribution in [1.82, 2.24) is 20.8 Å². The highest BCUT2D eigenvalue weighted by molar-refractivity contribution is 5.89. The highest BCUT2D eigenvalue weighted by atomic mass is 16.5. The number of aliphatic hydroxyl groups is 1. The van der Waals surface area contributed by atoms with E-state index in [1.165, 1.54) is 6.92 Å². The number of amides is 2. The van der Waals surface area contributed by atoms with Crippen molar-refractivity contribution in [2.45, 2.75) is 26.0 Å². The van der Waals surface area contributed by atoms with Crippen molar-refractivity contribution in [1.29, 1.82) is 0 Å². The number of carbonyl (C=O) groups is 2. The first-order chi connectivity index (χ1) is 11.0. The van der Waals surface area contributed by atoms with Crippen LogP contribution in [0.2, 0.25) is 0 Å². The fraction of sp³-hybridized carbons (Fsp3) is 0.333. The maximum Gasteiger partial charge on any atom is 0.315 e. The zero-order valence-electron chi connectivity index (χ0n) is 12.7. The normalized spacial score (nSPS) is 11.7. The molecule has 1 heterocycles. The van der Waals surface area contributed by atoms with Gasteiger partial charge < -0.3 is 20.3 Å². The summed E-state index contributed by atoms with van der Waals surface area (Å²) in [6.45, 7) is 2.02. The lowest BCUT2D eigenvalue weighted by Crippen LogP contribution is -2.30. The topological polar surface area (TPSA) is 117 Å². The second-order valence-corrected chi connectivity index (χ2v) is 5.01. The van der Waals surface area contributed by atoms with E-state index in [4.69, 9.17) is 9.63 Å². The van der Waals surface area contributed by atoms with Crippen LogP contribution in [0.5, 0.6) is 0 Å². The van der Waals surface area contributed by atoms with Crippen molar-refractivity contribution in [2.75, 3.05) is 6.54 Å².